The SMILES string of the molecule is O.O=C(O)c1[nH]c(=O)[nH]c(=O)c1C1CCC=c2c1ccc1c2=CCc2ccccc2-1. The summed E-state index contributed by atoms with van der Waals surface area (Å²) in [7, 11) is 0. The molecule has 0 saturated carbocycles. The molecule has 2 aromatic carbocycles. The number of carboxylic acid groups (broad SMARTS) is 1. The van der Waals surface area contributed by atoms with Gasteiger partial charge in [-0.3, -0.25) is 9.78 Å². The highest BCUT2D eigenvalue weighted by molar-refractivity contribution is 5.87. The molecule has 0 spiro atoms. The molecule has 0 saturated heterocycles. The highest BCUT2D eigenvalue weighted by Gasteiger charge is 2.28. The second-order valence-electron chi connectivity index (χ2n) is 7.43. The van der Waals surface area contributed by atoms with E-state index >= 15 is 0 Å². The maximum absolute atomic E-state index is 12.6. The van der Waals surface area contributed by atoms with E-state index in [-0.39, 0.29) is 16.7 Å². The molecule has 0 radical (unpaired) electrons. The van der Waals surface area contributed by atoms with Gasteiger partial charge < -0.3 is 15.6 Å². The minimum Gasteiger partial charge on any atom is -0.477 e. The zero-order valence-electron chi connectivity index (χ0n) is 16.0. The molecule has 0 aliphatic heterocycles. The molecule has 1 atom stereocenters. The van der Waals surface area contributed by atoms with Gasteiger partial charge in [0.2, 0.25) is 0 Å². The lowest BCUT2D eigenvalue weighted by atomic mass is 9.79. The fourth-order valence-electron chi connectivity index (χ4n) is 4.66. The Morgan fingerprint density at radius 2 is 1.77 bits per heavy atom. The molecule has 30 heavy (non-hydrogen) atoms. The molecule has 0 fully saturated rings. The summed E-state index contributed by atoms with van der Waals surface area (Å²) < 4.78 is 0. The number of H-pyrrole nitrogens is 2. The van der Waals surface area contributed by atoms with Gasteiger partial charge in [-0.2, -0.15) is 0 Å². The summed E-state index contributed by atoms with van der Waals surface area (Å²) in [5.41, 5.74) is 2.88. The Morgan fingerprint density at radius 3 is 2.57 bits per heavy atom. The molecule has 0 amide bonds. The second kappa shape index (κ2) is 7.27. The fourth-order valence-corrected chi connectivity index (χ4v) is 4.66. The molecule has 7 nitrogen and oxygen atoms in total. The number of hydrogen-bond acceptors (Lipinski definition) is 3. The normalized spacial score (nSPS) is 16.1. The predicted molar refractivity (Wildman–Crippen MR) is 113 cm³/mol. The van der Waals surface area contributed by atoms with Crippen LogP contribution < -0.4 is 21.7 Å². The summed E-state index contributed by atoms with van der Waals surface area (Å²) in [6.45, 7) is 0. The molecule has 1 unspecified atom stereocenters. The summed E-state index contributed by atoms with van der Waals surface area (Å²) in [6.07, 6.45) is 6.52. The van der Waals surface area contributed by atoms with E-state index in [2.05, 4.69) is 40.3 Å². The standard InChI is InChI=1S/C23H18N2O4.H2O/c26-21-19(20(22(27)28)24-23(29)25-21)18-7-3-6-14-16-9-8-12-4-1-2-5-13(12)15(16)10-11-17(14)18;/h1-2,4-6,9-11,18H,3,7-8H2,(H,27,28)(H2,24,25,26,29);1H2. The van der Waals surface area contributed by atoms with E-state index in [0.717, 1.165) is 34.4 Å². The average molecular weight is 404 g/mol. The molecule has 2 aliphatic carbocycles. The molecular weight excluding hydrogens is 384 g/mol. The van der Waals surface area contributed by atoms with Gasteiger partial charge in [0.1, 0.15) is 5.69 Å². The molecule has 5 rings (SSSR count). The van der Waals surface area contributed by atoms with E-state index in [0.29, 0.717) is 6.42 Å². The number of carbonyl (C=O) groups is 1. The number of rotatable bonds is 2. The third kappa shape index (κ3) is 2.91. The van der Waals surface area contributed by atoms with Crippen LogP contribution >= 0.6 is 0 Å². The number of aromatic nitrogens is 2. The fraction of sp³-hybridized carbons (Fsp3) is 0.174. The summed E-state index contributed by atoms with van der Waals surface area (Å²) >= 11 is 0. The second-order valence-corrected chi connectivity index (χ2v) is 7.43. The minimum atomic E-state index is -1.31. The van der Waals surface area contributed by atoms with Crippen LogP contribution in [-0.2, 0) is 6.42 Å². The van der Waals surface area contributed by atoms with Crippen molar-refractivity contribution in [3.05, 3.63) is 90.1 Å². The maximum atomic E-state index is 12.6. The van der Waals surface area contributed by atoms with Gasteiger partial charge in [-0.25, -0.2) is 9.59 Å². The number of hydrogen-bond donors (Lipinski definition) is 3. The van der Waals surface area contributed by atoms with Gasteiger partial charge in [0, 0.05) is 5.92 Å². The molecule has 0 bridgehead atoms. The lowest BCUT2D eigenvalue weighted by Crippen LogP contribution is -2.38. The monoisotopic (exact) mass is 404 g/mol. The van der Waals surface area contributed by atoms with Crippen LogP contribution in [0, 0.1) is 0 Å². The molecule has 2 aliphatic rings. The number of nitrogens with one attached hydrogen (secondary N) is 2. The van der Waals surface area contributed by atoms with Crippen LogP contribution in [-0.4, -0.2) is 26.5 Å². The van der Waals surface area contributed by atoms with Gasteiger partial charge >= 0.3 is 11.7 Å². The first kappa shape index (κ1) is 19.6. The van der Waals surface area contributed by atoms with Gasteiger partial charge in [0.15, 0.2) is 0 Å². The van der Waals surface area contributed by atoms with Crippen LogP contribution in [0.15, 0.2) is 46.0 Å². The van der Waals surface area contributed by atoms with Crippen molar-refractivity contribution in [2.75, 3.05) is 0 Å². The number of fused-ring (bicyclic) bond motifs is 5. The van der Waals surface area contributed by atoms with Gasteiger partial charge in [-0.15, -0.1) is 0 Å². The van der Waals surface area contributed by atoms with Crippen molar-refractivity contribution in [1.29, 1.82) is 0 Å². The Balaban J connectivity index is 0.00000218. The van der Waals surface area contributed by atoms with Crippen molar-refractivity contribution >= 4 is 18.1 Å². The predicted octanol–water partition coefficient (Wildman–Crippen LogP) is 0.647. The maximum Gasteiger partial charge on any atom is 0.352 e. The molecule has 7 heteroatoms. The number of carboxylic acids is 1. The van der Waals surface area contributed by atoms with E-state index in [1.807, 2.05) is 18.2 Å². The zero-order valence-corrected chi connectivity index (χ0v) is 16.0. The summed E-state index contributed by atoms with van der Waals surface area (Å²) in [4.78, 5) is 40.4. The molecule has 5 N–H and O–H groups in total. The van der Waals surface area contributed by atoms with Crippen LogP contribution in [0.4, 0.5) is 0 Å². The molecule has 152 valence electrons. The molecular formula is C23H20N2O5. The minimum absolute atomic E-state index is 0. The van der Waals surface area contributed by atoms with Crippen molar-refractivity contribution in [2.45, 2.75) is 25.2 Å². The van der Waals surface area contributed by atoms with Gasteiger partial charge in [-0.1, -0.05) is 48.6 Å². The summed E-state index contributed by atoms with van der Waals surface area (Å²) in [6, 6.07) is 12.3. The van der Waals surface area contributed by atoms with Crippen LogP contribution in [0.2, 0.25) is 0 Å². The van der Waals surface area contributed by atoms with Crippen molar-refractivity contribution in [2.24, 2.45) is 0 Å². The van der Waals surface area contributed by atoms with Crippen molar-refractivity contribution in [3.63, 3.8) is 0 Å². The average Bonchev–Trinajstić information content (AvgIpc) is 2.72. The van der Waals surface area contributed by atoms with Crippen LogP contribution in [0.1, 0.15) is 45.9 Å². The Bertz CT molecular complexity index is 1410. The Labute approximate surface area is 170 Å². The zero-order chi connectivity index (χ0) is 20.1. The number of aromatic carboxylic acids is 1. The smallest absolute Gasteiger partial charge is 0.352 e. The van der Waals surface area contributed by atoms with E-state index in [1.54, 1.807) is 0 Å². The lowest BCUT2D eigenvalue weighted by Gasteiger charge is -2.24. The first-order valence-electron chi connectivity index (χ1n) is 9.56. The van der Waals surface area contributed by atoms with Crippen LogP contribution in [0.3, 0.4) is 0 Å². The first-order chi connectivity index (χ1) is 14.0. The molecule has 3 aromatic rings. The highest BCUT2D eigenvalue weighted by atomic mass is 16.4. The molecule has 1 aromatic heterocycles. The first-order valence-corrected chi connectivity index (χ1v) is 9.56. The van der Waals surface area contributed by atoms with Gasteiger partial charge in [0.05, 0.1) is 5.56 Å². The summed E-state index contributed by atoms with van der Waals surface area (Å²) in [5, 5.41) is 11.7. The Kier molecular flexibility index (Phi) is 4.75. The number of benzene rings is 2. The van der Waals surface area contributed by atoms with E-state index in [1.165, 1.54) is 11.1 Å². The van der Waals surface area contributed by atoms with Gasteiger partial charge in [-0.05, 0) is 52.0 Å². The number of aromatic amines is 2. The van der Waals surface area contributed by atoms with Crippen LogP contribution in [0.25, 0.3) is 23.3 Å². The quantitative estimate of drug-likeness (QED) is 0.578. The lowest BCUT2D eigenvalue weighted by molar-refractivity contribution is 0.0687. The highest BCUT2D eigenvalue weighted by Crippen LogP contribution is 2.31. The van der Waals surface area contributed by atoms with Crippen molar-refractivity contribution in [3.8, 4) is 11.1 Å². The van der Waals surface area contributed by atoms with Crippen molar-refractivity contribution < 1.29 is 15.4 Å². The third-order valence-electron chi connectivity index (χ3n) is 5.88. The Morgan fingerprint density at radius 1 is 0.967 bits per heavy atom. The van der Waals surface area contributed by atoms with Gasteiger partial charge in [0.25, 0.3) is 5.56 Å². The molecule has 1 heterocycles. The van der Waals surface area contributed by atoms with E-state index in [9.17, 15) is 19.5 Å². The van der Waals surface area contributed by atoms with E-state index in [4.69, 9.17) is 0 Å². The van der Waals surface area contributed by atoms with Crippen LogP contribution in [0.5, 0.6) is 0 Å². The third-order valence-corrected chi connectivity index (χ3v) is 5.88. The Hall–Kier alpha value is -3.71. The van der Waals surface area contributed by atoms with Crippen molar-refractivity contribution in [1.82, 2.24) is 9.97 Å². The summed E-state index contributed by atoms with van der Waals surface area (Å²) in [5.74, 6) is -1.70. The topological polar surface area (TPSA) is 135 Å². The largest absolute Gasteiger partial charge is 0.477 e. The van der Waals surface area contributed by atoms with E-state index < -0.39 is 23.1 Å².